The lowest BCUT2D eigenvalue weighted by atomic mass is 9.92. The normalized spacial score (nSPS) is 19.7. The summed E-state index contributed by atoms with van der Waals surface area (Å²) in [5.74, 6) is 0. The molecule has 2 rings (SSSR count). The van der Waals surface area contributed by atoms with Crippen molar-refractivity contribution in [3.63, 3.8) is 0 Å². The van der Waals surface area contributed by atoms with Crippen LogP contribution >= 0.6 is 11.8 Å². The van der Waals surface area contributed by atoms with Crippen molar-refractivity contribution in [1.82, 2.24) is 0 Å². The molecule has 1 aliphatic heterocycles. The molecule has 1 heterocycles. The summed E-state index contributed by atoms with van der Waals surface area (Å²) < 4.78 is 0. The molecular weight excluding hydrogens is 214 g/mol. The Morgan fingerprint density at radius 2 is 2.12 bits per heavy atom. The molecule has 1 nitrogen and oxygen atoms in total. The zero-order valence-electron chi connectivity index (χ0n) is 10.2. The molecule has 1 aliphatic rings. The Labute approximate surface area is 103 Å². The fourth-order valence-corrected chi connectivity index (χ4v) is 3.59. The Balaban J connectivity index is 2.38. The van der Waals surface area contributed by atoms with Crippen molar-refractivity contribution in [1.29, 1.82) is 0 Å². The molecule has 16 heavy (non-hydrogen) atoms. The minimum absolute atomic E-state index is 0.125. The predicted octanol–water partition coefficient (Wildman–Crippen LogP) is 4.16. The lowest BCUT2D eigenvalue weighted by Gasteiger charge is -2.35. The summed E-state index contributed by atoms with van der Waals surface area (Å²) in [6.07, 6.45) is 2.07. The zero-order chi connectivity index (χ0) is 11.8. The van der Waals surface area contributed by atoms with Crippen LogP contribution in [0.4, 0.5) is 5.69 Å². The molecule has 0 spiro atoms. The van der Waals surface area contributed by atoms with Crippen LogP contribution in [0.25, 0.3) is 0 Å². The van der Waals surface area contributed by atoms with Gasteiger partial charge in [0.15, 0.2) is 0 Å². The van der Waals surface area contributed by atoms with Gasteiger partial charge in [-0.25, -0.2) is 0 Å². The molecular formula is C14H19NS. The summed E-state index contributed by atoms with van der Waals surface area (Å²) in [6.45, 7) is 11.7. The second-order valence-electron chi connectivity index (χ2n) is 4.75. The van der Waals surface area contributed by atoms with Crippen molar-refractivity contribution in [2.75, 3.05) is 11.4 Å². The van der Waals surface area contributed by atoms with Gasteiger partial charge in [0.25, 0.3) is 0 Å². The van der Waals surface area contributed by atoms with Crippen LogP contribution in [-0.2, 0) is 0 Å². The van der Waals surface area contributed by atoms with Gasteiger partial charge in [-0.3, -0.25) is 0 Å². The van der Waals surface area contributed by atoms with Gasteiger partial charge in [-0.15, -0.1) is 6.58 Å². The second-order valence-corrected chi connectivity index (χ2v) is 5.87. The number of thioether (sulfide) groups is 1. The quantitative estimate of drug-likeness (QED) is 0.721. The number of benzene rings is 1. The van der Waals surface area contributed by atoms with Crippen LogP contribution in [-0.4, -0.2) is 11.9 Å². The summed E-state index contributed by atoms with van der Waals surface area (Å²) in [5.41, 5.74) is 1.50. The maximum absolute atomic E-state index is 3.97. The molecule has 1 atom stereocenters. The number of anilines is 1. The van der Waals surface area contributed by atoms with Crippen LogP contribution in [0.15, 0.2) is 41.8 Å². The maximum Gasteiger partial charge on any atom is 0.0882 e. The van der Waals surface area contributed by atoms with E-state index >= 15 is 0 Å². The molecule has 1 aromatic rings. The summed E-state index contributed by atoms with van der Waals surface area (Å²) in [5, 5.41) is 0.465. The second kappa shape index (κ2) is 4.17. The van der Waals surface area contributed by atoms with Gasteiger partial charge >= 0.3 is 0 Å². The van der Waals surface area contributed by atoms with Crippen LogP contribution in [0, 0.1) is 5.41 Å². The van der Waals surface area contributed by atoms with Crippen LogP contribution in [0.3, 0.4) is 0 Å². The van der Waals surface area contributed by atoms with Gasteiger partial charge in [-0.05, 0) is 19.1 Å². The van der Waals surface area contributed by atoms with Gasteiger partial charge in [0.2, 0.25) is 0 Å². The van der Waals surface area contributed by atoms with Crippen LogP contribution in [0.2, 0.25) is 0 Å². The number of hydrogen-bond donors (Lipinski definition) is 0. The highest BCUT2D eigenvalue weighted by molar-refractivity contribution is 8.00. The fourth-order valence-electron chi connectivity index (χ4n) is 2.09. The Bertz CT molecular complexity index is 397. The summed E-state index contributed by atoms with van der Waals surface area (Å²) >= 11 is 1.96. The van der Waals surface area contributed by atoms with E-state index < -0.39 is 0 Å². The Kier molecular flexibility index (Phi) is 3.02. The Morgan fingerprint density at radius 3 is 2.75 bits per heavy atom. The standard InChI is InChI=1S/C14H19NS/c1-5-14(3,4)13-15(6-2)11-9-7-8-10-12(11)16-13/h5,7-10,13H,1,6H2,2-4H3. The first-order valence-corrected chi connectivity index (χ1v) is 6.64. The van der Waals surface area contributed by atoms with Crippen LogP contribution in [0.1, 0.15) is 20.8 Å². The van der Waals surface area contributed by atoms with E-state index in [1.165, 1.54) is 10.6 Å². The first kappa shape index (κ1) is 11.6. The summed E-state index contributed by atoms with van der Waals surface area (Å²) in [6, 6.07) is 8.65. The number of para-hydroxylation sites is 1. The van der Waals surface area contributed by atoms with Gasteiger partial charge in [0.05, 0.1) is 11.1 Å². The average Bonchev–Trinajstić information content (AvgIpc) is 2.68. The molecule has 0 aromatic heterocycles. The highest BCUT2D eigenvalue weighted by Gasteiger charge is 2.37. The largest absolute Gasteiger partial charge is 0.358 e. The minimum atomic E-state index is 0.125. The number of rotatable bonds is 3. The lowest BCUT2D eigenvalue weighted by molar-refractivity contribution is 0.447. The molecule has 0 saturated carbocycles. The van der Waals surface area contributed by atoms with Gasteiger partial charge in [-0.1, -0.05) is 43.8 Å². The lowest BCUT2D eigenvalue weighted by Crippen LogP contribution is -2.39. The Morgan fingerprint density at radius 1 is 1.44 bits per heavy atom. The van der Waals surface area contributed by atoms with E-state index in [0.29, 0.717) is 5.37 Å². The smallest absolute Gasteiger partial charge is 0.0882 e. The predicted molar refractivity (Wildman–Crippen MR) is 73.1 cm³/mol. The van der Waals surface area contributed by atoms with Crippen molar-refractivity contribution in [2.45, 2.75) is 31.0 Å². The number of hydrogen-bond acceptors (Lipinski definition) is 2. The van der Waals surface area contributed by atoms with Crippen molar-refractivity contribution in [2.24, 2.45) is 5.41 Å². The van der Waals surface area contributed by atoms with E-state index in [1.54, 1.807) is 0 Å². The van der Waals surface area contributed by atoms with Crippen LogP contribution < -0.4 is 4.90 Å². The fraction of sp³-hybridized carbons (Fsp3) is 0.429. The molecule has 1 unspecified atom stereocenters. The van der Waals surface area contributed by atoms with Crippen LogP contribution in [0.5, 0.6) is 0 Å². The molecule has 2 heteroatoms. The van der Waals surface area contributed by atoms with Crippen molar-refractivity contribution < 1.29 is 0 Å². The van der Waals surface area contributed by atoms with Crippen molar-refractivity contribution in [3.8, 4) is 0 Å². The van der Waals surface area contributed by atoms with E-state index in [1.807, 2.05) is 11.8 Å². The Hall–Kier alpha value is -0.890. The molecule has 0 amide bonds. The zero-order valence-corrected chi connectivity index (χ0v) is 11.1. The van der Waals surface area contributed by atoms with Gasteiger partial charge in [-0.2, -0.15) is 0 Å². The third-order valence-electron chi connectivity index (χ3n) is 3.20. The highest BCUT2D eigenvalue weighted by atomic mass is 32.2. The van der Waals surface area contributed by atoms with Crippen molar-refractivity contribution in [3.05, 3.63) is 36.9 Å². The van der Waals surface area contributed by atoms with E-state index in [2.05, 4.69) is 62.6 Å². The third-order valence-corrected chi connectivity index (χ3v) is 4.88. The monoisotopic (exact) mass is 233 g/mol. The topological polar surface area (TPSA) is 3.24 Å². The van der Waals surface area contributed by atoms with Gasteiger partial charge in [0, 0.05) is 16.9 Å². The third kappa shape index (κ3) is 1.75. The molecule has 1 aromatic carbocycles. The number of fused-ring (bicyclic) bond motifs is 1. The molecule has 86 valence electrons. The minimum Gasteiger partial charge on any atom is -0.358 e. The van der Waals surface area contributed by atoms with Gasteiger partial charge < -0.3 is 4.90 Å². The summed E-state index contributed by atoms with van der Waals surface area (Å²) in [4.78, 5) is 3.87. The molecule has 0 fully saturated rings. The van der Waals surface area contributed by atoms with E-state index in [0.717, 1.165) is 6.54 Å². The molecule has 0 bridgehead atoms. The SMILES string of the molecule is C=CC(C)(C)C1Sc2ccccc2N1CC. The van der Waals surface area contributed by atoms with E-state index in [9.17, 15) is 0 Å². The van der Waals surface area contributed by atoms with Crippen molar-refractivity contribution >= 4 is 17.4 Å². The molecule has 0 aliphatic carbocycles. The van der Waals surface area contributed by atoms with E-state index in [-0.39, 0.29) is 5.41 Å². The first-order valence-electron chi connectivity index (χ1n) is 5.76. The first-order chi connectivity index (χ1) is 7.60. The van der Waals surface area contributed by atoms with Gasteiger partial charge in [0.1, 0.15) is 0 Å². The summed E-state index contributed by atoms with van der Waals surface area (Å²) in [7, 11) is 0. The number of nitrogens with zero attached hydrogens (tertiary/aromatic N) is 1. The molecule has 0 N–H and O–H groups in total. The highest BCUT2D eigenvalue weighted by Crippen LogP contribution is 2.49. The van der Waals surface area contributed by atoms with E-state index in [4.69, 9.17) is 0 Å². The maximum atomic E-state index is 3.97. The molecule has 0 saturated heterocycles. The average molecular weight is 233 g/mol. The molecule has 0 radical (unpaired) electrons.